The number of carbonyl (C=O) groups excluding carboxylic acids is 1. The van der Waals surface area contributed by atoms with Crippen LogP contribution in [0.4, 0.5) is 0 Å². The highest BCUT2D eigenvalue weighted by Gasteiger charge is 2.06. The lowest BCUT2D eigenvalue weighted by Crippen LogP contribution is -2.24. The highest BCUT2D eigenvalue weighted by molar-refractivity contribution is 6.34. The maximum Gasteiger partial charge on any atom is 0.277 e. The fraction of sp³-hybridized carbons (Fsp3) is 0.222. The average molecular weight is 365 g/mol. The van der Waals surface area contributed by atoms with Crippen molar-refractivity contribution in [3.63, 3.8) is 0 Å². The lowest BCUT2D eigenvalue weighted by Gasteiger charge is -2.08. The summed E-state index contributed by atoms with van der Waals surface area (Å²) in [4.78, 5) is 11.7. The van der Waals surface area contributed by atoms with Crippen molar-refractivity contribution >= 4 is 35.3 Å². The molecule has 4 nitrogen and oxygen atoms in total. The Morgan fingerprint density at radius 3 is 2.75 bits per heavy atom. The molecule has 0 saturated carbocycles. The summed E-state index contributed by atoms with van der Waals surface area (Å²) >= 11 is 11.8. The Morgan fingerprint density at radius 1 is 1.25 bits per heavy atom. The number of carbonyl (C=O) groups is 1. The van der Waals surface area contributed by atoms with E-state index in [9.17, 15) is 4.79 Å². The Labute approximate surface area is 151 Å². The van der Waals surface area contributed by atoms with Gasteiger partial charge >= 0.3 is 0 Å². The molecule has 0 unspecified atom stereocenters. The molecule has 1 amide bonds. The van der Waals surface area contributed by atoms with E-state index in [1.54, 1.807) is 24.4 Å². The second kappa shape index (κ2) is 9.30. The predicted molar refractivity (Wildman–Crippen MR) is 98.1 cm³/mol. The van der Waals surface area contributed by atoms with Crippen molar-refractivity contribution in [1.82, 2.24) is 5.43 Å². The molecule has 0 radical (unpaired) electrons. The number of hydrogen-bond acceptors (Lipinski definition) is 3. The number of nitrogens with one attached hydrogen (secondary N) is 1. The minimum atomic E-state index is -0.366. The van der Waals surface area contributed by atoms with Crippen molar-refractivity contribution in [3.8, 4) is 5.75 Å². The van der Waals surface area contributed by atoms with E-state index in [1.807, 2.05) is 18.2 Å². The smallest absolute Gasteiger partial charge is 0.277 e. The monoisotopic (exact) mass is 364 g/mol. The molecule has 0 spiro atoms. The molecule has 1 atom stereocenters. The molecule has 0 aromatic heterocycles. The molecule has 0 bridgehead atoms. The average Bonchev–Trinajstić information content (AvgIpc) is 2.60. The molecule has 0 aliphatic carbocycles. The van der Waals surface area contributed by atoms with Crippen molar-refractivity contribution in [1.29, 1.82) is 0 Å². The number of ether oxygens (including phenoxy) is 1. The molecule has 24 heavy (non-hydrogen) atoms. The molecule has 6 heteroatoms. The van der Waals surface area contributed by atoms with Crippen molar-refractivity contribution in [2.24, 2.45) is 5.10 Å². The van der Waals surface area contributed by atoms with Gasteiger partial charge in [-0.25, -0.2) is 5.43 Å². The zero-order valence-corrected chi connectivity index (χ0v) is 14.7. The summed E-state index contributed by atoms with van der Waals surface area (Å²) in [6.45, 7) is 1.92. The van der Waals surface area contributed by atoms with Crippen LogP contribution < -0.4 is 10.2 Å². The Balaban J connectivity index is 1.74. The van der Waals surface area contributed by atoms with Crippen LogP contribution in [-0.2, 0) is 4.79 Å². The zero-order valence-electron chi connectivity index (χ0n) is 13.2. The number of hydrogen-bond donors (Lipinski definition) is 1. The van der Waals surface area contributed by atoms with E-state index < -0.39 is 0 Å². The molecule has 2 aromatic carbocycles. The molecule has 126 valence electrons. The van der Waals surface area contributed by atoms with E-state index in [2.05, 4.69) is 29.6 Å². The Kier molecular flexibility index (Phi) is 7.09. The standard InChI is InChI=1S/C18H18Cl2N2O2/c1-13(14-5-3-2-4-6-14)9-10-21-22-18(23)12-24-17-11-15(19)7-8-16(17)20/h2-8,10-11,13H,9,12H2,1H3,(H,22,23)/t13-/m0/s1. The molecule has 0 heterocycles. The second-order valence-corrected chi connectivity index (χ2v) is 6.10. The summed E-state index contributed by atoms with van der Waals surface area (Å²) < 4.78 is 5.32. The van der Waals surface area contributed by atoms with Gasteiger partial charge < -0.3 is 4.74 Å². The minimum Gasteiger partial charge on any atom is -0.482 e. The molecule has 0 aliphatic rings. The first-order chi connectivity index (χ1) is 11.6. The van der Waals surface area contributed by atoms with E-state index in [0.717, 1.165) is 6.42 Å². The third-order valence-corrected chi connectivity index (χ3v) is 3.91. The van der Waals surface area contributed by atoms with Crippen LogP contribution in [0, 0.1) is 0 Å². The number of benzene rings is 2. The first-order valence-electron chi connectivity index (χ1n) is 7.49. The highest BCUT2D eigenvalue weighted by atomic mass is 35.5. The van der Waals surface area contributed by atoms with E-state index in [-0.39, 0.29) is 12.5 Å². The van der Waals surface area contributed by atoms with Gasteiger partial charge in [-0.1, -0.05) is 60.5 Å². The zero-order chi connectivity index (χ0) is 17.4. The predicted octanol–water partition coefficient (Wildman–Crippen LogP) is 4.67. The number of rotatable bonds is 7. The van der Waals surface area contributed by atoms with E-state index >= 15 is 0 Å². The molecule has 2 aromatic rings. The van der Waals surface area contributed by atoms with Crippen molar-refractivity contribution in [2.45, 2.75) is 19.3 Å². The van der Waals surface area contributed by atoms with Gasteiger partial charge in [-0.15, -0.1) is 0 Å². The molecular formula is C18H18Cl2N2O2. The van der Waals surface area contributed by atoms with Crippen LogP contribution in [0.5, 0.6) is 5.75 Å². The quantitative estimate of drug-likeness (QED) is 0.573. The van der Waals surface area contributed by atoms with Crippen LogP contribution in [0.2, 0.25) is 10.0 Å². The van der Waals surface area contributed by atoms with Gasteiger partial charge in [-0.2, -0.15) is 5.10 Å². The summed E-state index contributed by atoms with van der Waals surface area (Å²) in [5.74, 6) is 0.323. The first-order valence-corrected chi connectivity index (χ1v) is 8.25. The van der Waals surface area contributed by atoms with Gasteiger partial charge in [0.25, 0.3) is 5.91 Å². The van der Waals surface area contributed by atoms with Crippen LogP contribution in [0.25, 0.3) is 0 Å². The van der Waals surface area contributed by atoms with Crippen LogP contribution in [0.1, 0.15) is 24.8 Å². The van der Waals surface area contributed by atoms with Crippen LogP contribution >= 0.6 is 23.2 Å². The van der Waals surface area contributed by atoms with E-state index in [4.69, 9.17) is 27.9 Å². The summed E-state index contributed by atoms with van der Waals surface area (Å²) in [5, 5.41) is 4.81. The summed E-state index contributed by atoms with van der Waals surface area (Å²) in [5.41, 5.74) is 3.65. The molecular weight excluding hydrogens is 347 g/mol. The SMILES string of the molecule is C[C@@H](CC=NNC(=O)COc1cc(Cl)ccc1Cl)c1ccccc1. The topological polar surface area (TPSA) is 50.7 Å². The van der Waals surface area contributed by atoms with Crippen LogP contribution in [-0.4, -0.2) is 18.7 Å². The third-order valence-electron chi connectivity index (χ3n) is 3.36. The summed E-state index contributed by atoms with van der Waals surface area (Å²) in [6, 6.07) is 14.9. The number of nitrogens with zero attached hydrogens (tertiary/aromatic N) is 1. The normalized spacial score (nSPS) is 12.1. The fourth-order valence-corrected chi connectivity index (χ4v) is 2.34. The third kappa shape index (κ3) is 5.87. The van der Waals surface area contributed by atoms with Gasteiger partial charge in [-0.05, 0) is 30.0 Å². The summed E-state index contributed by atoms with van der Waals surface area (Å²) in [6.07, 6.45) is 2.41. The van der Waals surface area contributed by atoms with Crippen molar-refractivity contribution < 1.29 is 9.53 Å². The first kappa shape index (κ1) is 18.3. The molecule has 2 rings (SSSR count). The van der Waals surface area contributed by atoms with Crippen molar-refractivity contribution in [2.75, 3.05) is 6.61 Å². The summed E-state index contributed by atoms with van der Waals surface area (Å²) in [7, 11) is 0. The fourth-order valence-electron chi connectivity index (χ4n) is 2.01. The van der Waals surface area contributed by atoms with E-state index in [1.165, 1.54) is 5.56 Å². The second-order valence-electron chi connectivity index (χ2n) is 5.26. The van der Waals surface area contributed by atoms with Gasteiger partial charge in [0.05, 0.1) is 5.02 Å². The maximum absolute atomic E-state index is 11.7. The molecule has 0 aliphatic heterocycles. The molecule has 1 N–H and O–H groups in total. The minimum absolute atomic E-state index is 0.189. The number of amides is 1. The Hall–Kier alpha value is -2.04. The van der Waals surface area contributed by atoms with Crippen LogP contribution in [0.15, 0.2) is 53.6 Å². The molecule has 0 saturated heterocycles. The molecule has 0 fully saturated rings. The lowest BCUT2D eigenvalue weighted by molar-refractivity contribution is -0.123. The largest absolute Gasteiger partial charge is 0.482 e. The number of hydrazone groups is 1. The van der Waals surface area contributed by atoms with Gasteiger partial charge in [0.15, 0.2) is 6.61 Å². The Bertz CT molecular complexity index is 705. The van der Waals surface area contributed by atoms with Crippen molar-refractivity contribution in [3.05, 3.63) is 64.1 Å². The number of halogens is 2. The Morgan fingerprint density at radius 2 is 2.00 bits per heavy atom. The van der Waals surface area contributed by atoms with Gasteiger partial charge in [0, 0.05) is 17.3 Å². The van der Waals surface area contributed by atoms with E-state index in [0.29, 0.717) is 21.7 Å². The highest BCUT2D eigenvalue weighted by Crippen LogP contribution is 2.27. The van der Waals surface area contributed by atoms with Gasteiger partial charge in [-0.3, -0.25) is 4.79 Å². The van der Waals surface area contributed by atoms with Gasteiger partial charge in [0.1, 0.15) is 5.75 Å². The van der Waals surface area contributed by atoms with Gasteiger partial charge in [0.2, 0.25) is 0 Å². The maximum atomic E-state index is 11.7. The lowest BCUT2D eigenvalue weighted by atomic mass is 9.99. The van der Waals surface area contributed by atoms with Crippen LogP contribution in [0.3, 0.4) is 0 Å².